The molecule has 1 aromatic heterocycles. The third-order valence-electron chi connectivity index (χ3n) is 4.91. The molecule has 1 aliphatic heterocycles. The van der Waals surface area contributed by atoms with Gasteiger partial charge in [0, 0.05) is 24.0 Å². The number of carbonyl (C=O) groups is 1. The van der Waals surface area contributed by atoms with Crippen molar-refractivity contribution < 1.29 is 14.3 Å². The predicted molar refractivity (Wildman–Crippen MR) is 120 cm³/mol. The van der Waals surface area contributed by atoms with E-state index in [4.69, 9.17) is 32.7 Å². The van der Waals surface area contributed by atoms with Crippen molar-refractivity contribution in [2.24, 2.45) is 0 Å². The lowest BCUT2D eigenvalue weighted by molar-refractivity contribution is 0.0788. The number of methoxy groups -OCH3 is 1. The van der Waals surface area contributed by atoms with Crippen LogP contribution in [-0.2, 0) is 6.61 Å². The van der Waals surface area contributed by atoms with E-state index in [1.807, 2.05) is 34.5 Å². The summed E-state index contributed by atoms with van der Waals surface area (Å²) in [5.74, 6) is 1.20. The van der Waals surface area contributed by atoms with Crippen LogP contribution in [0.1, 0.15) is 28.9 Å². The molecule has 0 unspecified atom stereocenters. The van der Waals surface area contributed by atoms with Crippen molar-refractivity contribution in [1.29, 1.82) is 0 Å². The van der Waals surface area contributed by atoms with Crippen molar-refractivity contribution in [3.63, 3.8) is 0 Å². The Morgan fingerprint density at radius 3 is 2.63 bits per heavy atom. The van der Waals surface area contributed by atoms with Gasteiger partial charge in [-0.1, -0.05) is 29.3 Å². The van der Waals surface area contributed by atoms with Crippen LogP contribution < -0.4 is 9.47 Å². The standard InChI is InChI=1S/C22H20Cl2N2O3S/c1-28-20-11-15(21-25-18(13-30-21)22(27)26-8-2-3-9-26)5-7-19(20)29-12-14-4-6-16(23)17(24)10-14/h4-7,10-11,13H,2-3,8-9,12H2,1H3. The van der Waals surface area contributed by atoms with Gasteiger partial charge in [0.05, 0.1) is 17.2 Å². The van der Waals surface area contributed by atoms with Gasteiger partial charge in [-0.25, -0.2) is 4.98 Å². The monoisotopic (exact) mass is 462 g/mol. The smallest absolute Gasteiger partial charge is 0.273 e. The lowest BCUT2D eigenvalue weighted by atomic mass is 10.2. The van der Waals surface area contributed by atoms with Crippen LogP contribution >= 0.6 is 34.5 Å². The molecule has 0 radical (unpaired) electrons. The van der Waals surface area contributed by atoms with Gasteiger partial charge in [0.25, 0.3) is 5.91 Å². The fourth-order valence-electron chi connectivity index (χ4n) is 3.30. The van der Waals surface area contributed by atoms with E-state index in [0.717, 1.165) is 42.1 Å². The number of benzene rings is 2. The molecule has 156 valence electrons. The zero-order valence-electron chi connectivity index (χ0n) is 16.4. The van der Waals surface area contributed by atoms with Crippen LogP contribution in [0, 0.1) is 0 Å². The summed E-state index contributed by atoms with van der Waals surface area (Å²) in [6.07, 6.45) is 2.12. The molecule has 1 fully saturated rings. The SMILES string of the molecule is COc1cc(-c2nc(C(=O)N3CCCC3)cs2)ccc1OCc1ccc(Cl)c(Cl)c1. The van der Waals surface area contributed by atoms with Crippen molar-refractivity contribution in [3.8, 4) is 22.1 Å². The molecule has 0 N–H and O–H groups in total. The van der Waals surface area contributed by atoms with Crippen LogP contribution in [0.4, 0.5) is 0 Å². The molecule has 2 aromatic carbocycles. The van der Waals surface area contributed by atoms with Crippen molar-refractivity contribution in [2.75, 3.05) is 20.2 Å². The van der Waals surface area contributed by atoms with Crippen LogP contribution in [0.5, 0.6) is 11.5 Å². The van der Waals surface area contributed by atoms with E-state index in [1.54, 1.807) is 19.2 Å². The Kier molecular flexibility index (Phi) is 6.46. The summed E-state index contributed by atoms with van der Waals surface area (Å²) in [7, 11) is 1.59. The van der Waals surface area contributed by atoms with E-state index in [0.29, 0.717) is 33.8 Å². The summed E-state index contributed by atoms with van der Waals surface area (Å²) >= 11 is 13.5. The van der Waals surface area contributed by atoms with Crippen molar-refractivity contribution in [2.45, 2.75) is 19.4 Å². The molecule has 8 heteroatoms. The molecule has 3 aromatic rings. The number of likely N-dealkylation sites (tertiary alicyclic amines) is 1. The molecule has 1 aliphatic rings. The zero-order valence-corrected chi connectivity index (χ0v) is 18.7. The zero-order chi connectivity index (χ0) is 21.1. The van der Waals surface area contributed by atoms with Gasteiger partial charge in [-0.3, -0.25) is 4.79 Å². The Morgan fingerprint density at radius 1 is 1.10 bits per heavy atom. The van der Waals surface area contributed by atoms with Crippen LogP contribution in [0.25, 0.3) is 10.6 Å². The molecule has 4 rings (SSSR count). The summed E-state index contributed by atoms with van der Waals surface area (Å²) < 4.78 is 11.4. The molecule has 1 amide bonds. The van der Waals surface area contributed by atoms with Crippen LogP contribution in [0.15, 0.2) is 41.8 Å². The lowest BCUT2D eigenvalue weighted by Crippen LogP contribution is -2.27. The number of carbonyl (C=O) groups excluding carboxylic acids is 1. The van der Waals surface area contributed by atoms with Gasteiger partial charge in [0.15, 0.2) is 11.5 Å². The van der Waals surface area contributed by atoms with E-state index in [9.17, 15) is 4.79 Å². The first-order valence-electron chi connectivity index (χ1n) is 9.55. The Hall–Kier alpha value is -2.28. The molecule has 2 heterocycles. The number of aromatic nitrogens is 1. The normalized spacial score (nSPS) is 13.5. The minimum atomic E-state index is 0.00328. The van der Waals surface area contributed by atoms with E-state index < -0.39 is 0 Å². The second-order valence-electron chi connectivity index (χ2n) is 6.94. The molecule has 0 bridgehead atoms. The Balaban J connectivity index is 1.49. The number of rotatable bonds is 6. The van der Waals surface area contributed by atoms with Crippen LogP contribution in [-0.4, -0.2) is 36.0 Å². The molecule has 30 heavy (non-hydrogen) atoms. The summed E-state index contributed by atoms with van der Waals surface area (Å²) in [6.45, 7) is 1.95. The van der Waals surface area contributed by atoms with E-state index in [-0.39, 0.29) is 5.91 Å². The highest BCUT2D eigenvalue weighted by Gasteiger charge is 2.22. The molecular weight excluding hydrogens is 443 g/mol. The number of hydrogen-bond donors (Lipinski definition) is 0. The second-order valence-corrected chi connectivity index (χ2v) is 8.61. The topological polar surface area (TPSA) is 51.7 Å². The number of hydrogen-bond acceptors (Lipinski definition) is 5. The highest BCUT2D eigenvalue weighted by atomic mass is 35.5. The first-order valence-corrected chi connectivity index (χ1v) is 11.2. The maximum absolute atomic E-state index is 12.5. The predicted octanol–water partition coefficient (Wildman–Crippen LogP) is 5.94. The average Bonchev–Trinajstić information content (AvgIpc) is 3.46. The summed E-state index contributed by atoms with van der Waals surface area (Å²) in [6, 6.07) is 11.0. The van der Waals surface area contributed by atoms with Gasteiger partial charge in [0.1, 0.15) is 17.3 Å². The maximum Gasteiger partial charge on any atom is 0.273 e. The summed E-state index contributed by atoms with van der Waals surface area (Å²) in [5.41, 5.74) is 2.27. The van der Waals surface area contributed by atoms with Crippen molar-refractivity contribution in [3.05, 3.63) is 63.1 Å². The fraction of sp³-hybridized carbons (Fsp3) is 0.273. The third kappa shape index (κ3) is 4.56. The van der Waals surface area contributed by atoms with Gasteiger partial charge < -0.3 is 14.4 Å². The number of nitrogens with zero attached hydrogens (tertiary/aromatic N) is 2. The van der Waals surface area contributed by atoms with Gasteiger partial charge >= 0.3 is 0 Å². The molecule has 0 atom stereocenters. The number of thiazole rings is 1. The Morgan fingerprint density at radius 2 is 1.90 bits per heavy atom. The van der Waals surface area contributed by atoms with Crippen molar-refractivity contribution >= 4 is 40.4 Å². The number of amides is 1. The maximum atomic E-state index is 12.5. The van der Waals surface area contributed by atoms with E-state index in [1.165, 1.54) is 11.3 Å². The minimum Gasteiger partial charge on any atom is -0.493 e. The van der Waals surface area contributed by atoms with Gasteiger partial charge in [-0.15, -0.1) is 11.3 Å². The minimum absolute atomic E-state index is 0.00328. The first-order chi connectivity index (χ1) is 14.5. The van der Waals surface area contributed by atoms with Gasteiger partial charge in [-0.05, 0) is 48.7 Å². The molecule has 5 nitrogen and oxygen atoms in total. The Bertz CT molecular complexity index is 1060. The van der Waals surface area contributed by atoms with E-state index in [2.05, 4.69) is 4.98 Å². The molecule has 0 saturated carbocycles. The van der Waals surface area contributed by atoms with Crippen LogP contribution in [0.3, 0.4) is 0 Å². The molecular formula is C22H20Cl2N2O3S. The fourth-order valence-corrected chi connectivity index (χ4v) is 4.41. The highest BCUT2D eigenvalue weighted by molar-refractivity contribution is 7.13. The van der Waals surface area contributed by atoms with Crippen molar-refractivity contribution in [1.82, 2.24) is 9.88 Å². The number of ether oxygens (including phenoxy) is 2. The number of halogens is 2. The lowest BCUT2D eigenvalue weighted by Gasteiger charge is -2.13. The summed E-state index contributed by atoms with van der Waals surface area (Å²) in [4.78, 5) is 18.9. The molecule has 1 saturated heterocycles. The quantitative estimate of drug-likeness (QED) is 0.454. The Labute approximate surface area is 189 Å². The molecule has 0 spiro atoms. The second kappa shape index (κ2) is 9.25. The van der Waals surface area contributed by atoms with E-state index >= 15 is 0 Å². The first kappa shape index (κ1) is 21.0. The molecule has 0 aliphatic carbocycles. The van der Waals surface area contributed by atoms with Crippen LogP contribution in [0.2, 0.25) is 10.0 Å². The highest BCUT2D eigenvalue weighted by Crippen LogP contribution is 2.35. The summed E-state index contributed by atoms with van der Waals surface area (Å²) in [5, 5.41) is 3.58. The average molecular weight is 463 g/mol. The van der Waals surface area contributed by atoms with Gasteiger partial charge in [0.2, 0.25) is 0 Å². The third-order valence-corrected chi connectivity index (χ3v) is 6.54. The largest absolute Gasteiger partial charge is 0.493 e. The van der Waals surface area contributed by atoms with Gasteiger partial charge in [-0.2, -0.15) is 0 Å².